The van der Waals surface area contributed by atoms with E-state index in [0.717, 1.165) is 12.0 Å². The summed E-state index contributed by atoms with van der Waals surface area (Å²) in [5, 5.41) is 0. The minimum Gasteiger partial charge on any atom is -0.315 e. The second-order valence-corrected chi connectivity index (χ2v) is 3.80. The largest absolute Gasteiger partial charge is 0.315 e. The summed E-state index contributed by atoms with van der Waals surface area (Å²) < 4.78 is 1.75. The second-order valence-electron chi connectivity index (χ2n) is 3.80. The minimum absolute atomic E-state index is 0.0940. The molecular weight excluding hydrogens is 200 g/mol. The molecule has 2 heterocycles. The summed E-state index contributed by atoms with van der Waals surface area (Å²) in [6.45, 7) is 2.55. The first-order valence-corrected chi connectivity index (χ1v) is 5.32. The van der Waals surface area contributed by atoms with Crippen LogP contribution >= 0.6 is 0 Å². The fourth-order valence-corrected chi connectivity index (χ4v) is 1.63. The zero-order chi connectivity index (χ0) is 11.4. The normalized spacial score (nSPS) is 10.3. The van der Waals surface area contributed by atoms with E-state index in [2.05, 4.69) is 4.98 Å². The van der Waals surface area contributed by atoms with Gasteiger partial charge in [-0.15, -0.1) is 0 Å². The molecule has 0 radical (unpaired) electrons. The van der Waals surface area contributed by atoms with Crippen molar-refractivity contribution in [3.8, 4) is 0 Å². The van der Waals surface area contributed by atoms with Gasteiger partial charge in [-0.1, -0.05) is 6.07 Å². The van der Waals surface area contributed by atoms with Crippen molar-refractivity contribution in [2.24, 2.45) is 0 Å². The van der Waals surface area contributed by atoms with Crippen LogP contribution in [0.5, 0.6) is 0 Å². The van der Waals surface area contributed by atoms with E-state index in [1.165, 1.54) is 5.56 Å². The topological polar surface area (TPSA) is 34.9 Å². The van der Waals surface area contributed by atoms with Crippen LogP contribution in [0.15, 0.2) is 47.7 Å². The van der Waals surface area contributed by atoms with Crippen molar-refractivity contribution in [3.63, 3.8) is 0 Å². The average molecular weight is 214 g/mol. The molecule has 0 N–H and O–H groups in total. The lowest BCUT2D eigenvalue weighted by atomic mass is 10.2. The van der Waals surface area contributed by atoms with Gasteiger partial charge in [0.15, 0.2) is 0 Å². The molecule has 16 heavy (non-hydrogen) atoms. The summed E-state index contributed by atoms with van der Waals surface area (Å²) in [5.74, 6) is 0. The van der Waals surface area contributed by atoms with Crippen LogP contribution in [0, 0.1) is 6.92 Å². The second kappa shape index (κ2) is 4.75. The third-order valence-corrected chi connectivity index (χ3v) is 2.60. The van der Waals surface area contributed by atoms with Crippen molar-refractivity contribution in [1.82, 2.24) is 9.55 Å². The van der Waals surface area contributed by atoms with Gasteiger partial charge in [0.05, 0.1) is 0 Å². The molecule has 82 valence electrons. The lowest BCUT2D eigenvalue weighted by molar-refractivity contribution is 0.665. The van der Waals surface area contributed by atoms with Crippen LogP contribution in [0.25, 0.3) is 0 Å². The number of hydrogen-bond acceptors (Lipinski definition) is 2. The van der Waals surface area contributed by atoms with Crippen LogP contribution in [0.2, 0.25) is 0 Å². The van der Waals surface area contributed by atoms with Gasteiger partial charge in [-0.3, -0.25) is 9.78 Å². The molecule has 0 atom stereocenters. The number of pyridine rings is 2. The van der Waals surface area contributed by atoms with Crippen LogP contribution in [0.1, 0.15) is 11.1 Å². The Bertz CT molecular complexity index is 517. The molecule has 0 unspecified atom stereocenters. The fraction of sp³-hybridized carbons (Fsp3) is 0.231. The first-order chi connectivity index (χ1) is 7.77. The van der Waals surface area contributed by atoms with Crippen molar-refractivity contribution in [2.75, 3.05) is 0 Å². The Labute approximate surface area is 94.4 Å². The molecule has 0 saturated carbocycles. The van der Waals surface area contributed by atoms with Crippen LogP contribution in [-0.2, 0) is 13.0 Å². The van der Waals surface area contributed by atoms with Gasteiger partial charge in [-0.2, -0.15) is 0 Å². The van der Waals surface area contributed by atoms with Gasteiger partial charge >= 0.3 is 0 Å². The molecule has 0 aliphatic carbocycles. The van der Waals surface area contributed by atoms with Crippen molar-refractivity contribution < 1.29 is 0 Å². The molecule has 3 nitrogen and oxygen atoms in total. The van der Waals surface area contributed by atoms with Crippen LogP contribution in [0.4, 0.5) is 0 Å². The summed E-state index contributed by atoms with van der Waals surface area (Å²) in [5.41, 5.74) is 2.08. The van der Waals surface area contributed by atoms with Crippen molar-refractivity contribution in [2.45, 2.75) is 19.9 Å². The molecule has 0 saturated heterocycles. The van der Waals surface area contributed by atoms with E-state index in [4.69, 9.17) is 0 Å². The van der Waals surface area contributed by atoms with Crippen LogP contribution < -0.4 is 5.56 Å². The van der Waals surface area contributed by atoms with Gasteiger partial charge in [0.25, 0.3) is 5.56 Å². The molecule has 2 aromatic rings. The van der Waals surface area contributed by atoms with E-state index >= 15 is 0 Å². The van der Waals surface area contributed by atoms with Gasteiger partial charge in [-0.25, -0.2) is 0 Å². The molecule has 0 aliphatic heterocycles. The predicted octanol–water partition coefficient (Wildman–Crippen LogP) is 1.79. The Morgan fingerprint density at radius 2 is 2.00 bits per heavy atom. The first-order valence-electron chi connectivity index (χ1n) is 5.32. The Morgan fingerprint density at radius 1 is 1.25 bits per heavy atom. The summed E-state index contributed by atoms with van der Waals surface area (Å²) in [7, 11) is 0. The standard InChI is InChI=1S/C13H14N2O/c1-11-3-2-9-15(13(11)16)10-6-12-4-7-14-8-5-12/h2-5,7-9H,6,10H2,1H3. The van der Waals surface area contributed by atoms with Gasteiger partial charge in [0.2, 0.25) is 0 Å². The highest BCUT2D eigenvalue weighted by Gasteiger charge is 1.98. The summed E-state index contributed by atoms with van der Waals surface area (Å²) in [6.07, 6.45) is 6.23. The summed E-state index contributed by atoms with van der Waals surface area (Å²) >= 11 is 0. The SMILES string of the molecule is Cc1cccn(CCc2ccncc2)c1=O. The summed E-state index contributed by atoms with van der Waals surface area (Å²) in [6, 6.07) is 7.69. The van der Waals surface area contributed by atoms with Crippen molar-refractivity contribution >= 4 is 0 Å². The molecule has 0 aliphatic rings. The van der Waals surface area contributed by atoms with Gasteiger partial charge in [0.1, 0.15) is 0 Å². The minimum atomic E-state index is 0.0940. The Kier molecular flexibility index (Phi) is 3.15. The lowest BCUT2D eigenvalue weighted by Gasteiger charge is -2.06. The average Bonchev–Trinajstić information content (AvgIpc) is 2.32. The molecule has 3 heteroatoms. The number of aromatic nitrogens is 2. The maximum Gasteiger partial charge on any atom is 0.253 e. The van der Waals surface area contributed by atoms with E-state index < -0.39 is 0 Å². The highest BCUT2D eigenvalue weighted by molar-refractivity contribution is 5.11. The van der Waals surface area contributed by atoms with Gasteiger partial charge < -0.3 is 4.57 Å². The highest BCUT2D eigenvalue weighted by Crippen LogP contribution is 1.99. The van der Waals surface area contributed by atoms with Crippen molar-refractivity contribution in [3.05, 3.63) is 64.3 Å². The molecule has 2 rings (SSSR count). The molecule has 0 bridgehead atoms. The molecule has 0 spiro atoms. The quantitative estimate of drug-likeness (QED) is 0.780. The zero-order valence-electron chi connectivity index (χ0n) is 9.26. The Hall–Kier alpha value is -1.90. The van der Waals surface area contributed by atoms with E-state index in [1.54, 1.807) is 17.0 Å². The lowest BCUT2D eigenvalue weighted by Crippen LogP contribution is -2.22. The van der Waals surface area contributed by atoms with Crippen LogP contribution in [0.3, 0.4) is 0 Å². The van der Waals surface area contributed by atoms with E-state index in [1.807, 2.05) is 37.4 Å². The number of rotatable bonds is 3. The maximum absolute atomic E-state index is 11.7. The van der Waals surface area contributed by atoms with Crippen molar-refractivity contribution in [1.29, 1.82) is 0 Å². The smallest absolute Gasteiger partial charge is 0.253 e. The molecular formula is C13H14N2O. The third kappa shape index (κ3) is 2.37. The molecule has 0 fully saturated rings. The van der Waals surface area contributed by atoms with E-state index in [9.17, 15) is 4.79 Å². The zero-order valence-corrected chi connectivity index (χ0v) is 9.26. The Balaban J connectivity index is 2.11. The van der Waals surface area contributed by atoms with Gasteiger partial charge in [0, 0.05) is 30.7 Å². The maximum atomic E-state index is 11.7. The number of hydrogen-bond donors (Lipinski definition) is 0. The molecule has 0 amide bonds. The highest BCUT2D eigenvalue weighted by atomic mass is 16.1. The molecule has 2 aromatic heterocycles. The van der Waals surface area contributed by atoms with E-state index in [0.29, 0.717) is 6.54 Å². The molecule has 0 aromatic carbocycles. The monoisotopic (exact) mass is 214 g/mol. The Morgan fingerprint density at radius 3 is 2.75 bits per heavy atom. The fourth-order valence-electron chi connectivity index (χ4n) is 1.63. The predicted molar refractivity (Wildman–Crippen MR) is 63.4 cm³/mol. The third-order valence-electron chi connectivity index (χ3n) is 2.60. The summed E-state index contributed by atoms with van der Waals surface area (Å²) in [4.78, 5) is 15.7. The number of nitrogens with zero attached hydrogens (tertiary/aromatic N) is 2. The van der Waals surface area contributed by atoms with E-state index in [-0.39, 0.29) is 5.56 Å². The van der Waals surface area contributed by atoms with Gasteiger partial charge in [-0.05, 0) is 37.1 Å². The van der Waals surface area contributed by atoms with Crippen LogP contribution in [-0.4, -0.2) is 9.55 Å². The number of aryl methyl sites for hydroxylation is 3. The first kappa shape index (κ1) is 10.6.